The molecule has 2 rings (SSSR count). The second-order valence-electron chi connectivity index (χ2n) is 3.16. The summed E-state index contributed by atoms with van der Waals surface area (Å²) in [5.74, 6) is 0.935. The van der Waals surface area contributed by atoms with Crippen molar-refractivity contribution in [3.8, 4) is 5.75 Å². The van der Waals surface area contributed by atoms with Crippen LogP contribution in [0.25, 0.3) is 9.65 Å². The second-order valence-corrected chi connectivity index (χ2v) is 5.07. The molecule has 14 heavy (non-hydrogen) atoms. The van der Waals surface area contributed by atoms with Crippen molar-refractivity contribution in [2.75, 3.05) is 13.7 Å². The molecule has 1 aromatic heterocycles. The maximum atomic E-state index is 5.57. The molecular formula is C11H13NOSe. The number of fused-ring (bicyclic) bond motifs is 1. The fraction of sp³-hybridized carbons (Fsp3) is 0.273. The average Bonchev–Trinajstić information content (AvgIpc) is 2.61. The fourth-order valence-electron chi connectivity index (χ4n) is 1.54. The quantitative estimate of drug-likeness (QED) is 0.840. The number of hydrogen-bond acceptors (Lipinski definition) is 2. The van der Waals surface area contributed by atoms with Crippen molar-refractivity contribution >= 4 is 24.1 Å². The van der Waals surface area contributed by atoms with Crippen LogP contribution in [0.15, 0.2) is 23.1 Å². The summed E-state index contributed by atoms with van der Waals surface area (Å²) in [7, 11) is 1.70. The predicted octanol–water partition coefficient (Wildman–Crippen LogP) is 1.41. The molecule has 2 nitrogen and oxygen atoms in total. The van der Waals surface area contributed by atoms with Crippen LogP contribution in [0, 0.1) is 0 Å². The van der Waals surface area contributed by atoms with Gasteiger partial charge in [0.15, 0.2) is 0 Å². The van der Waals surface area contributed by atoms with Crippen LogP contribution in [0.2, 0.25) is 0 Å². The fourth-order valence-corrected chi connectivity index (χ4v) is 3.59. The summed E-state index contributed by atoms with van der Waals surface area (Å²) in [6, 6.07) is 6.31. The molecular weight excluding hydrogens is 241 g/mol. The predicted molar refractivity (Wildman–Crippen MR) is 60.2 cm³/mol. The number of benzene rings is 1. The van der Waals surface area contributed by atoms with Crippen molar-refractivity contribution in [3.63, 3.8) is 0 Å². The van der Waals surface area contributed by atoms with Gasteiger partial charge in [-0.1, -0.05) is 0 Å². The Morgan fingerprint density at radius 1 is 1.43 bits per heavy atom. The van der Waals surface area contributed by atoms with Gasteiger partial charge in [-0.15, -0.1) is 0 Å². The van der Waals surface area contributed by atoms with Crippen molar-refractivity contribution in [1.29, 1.82) is 0 Å². The molecule has 74 valence electrons. The minimum atomic E-state index is 0.492. The molecule has 2 aromatic rings. The van der Waals surface area contributed by atoms with Gasteiger partial charge in [-0.2, -0.15) is 0 Å². The molecule has 0 saturated carbocycles. The monoisotopic (exact) mass is 255 g/mol. The standard InChI is InChI=1S/C11H13NOSe/c1-13-9-2-3-11-10(6-9)8(4-5-12)7-14-11/h2-3,6-7H,4-5,12H2,1H3. The van der Waals surface area contributed by atoms with Gasteiger partial charge in [-0.3, -0.25) is 0 Å². The van der Waals surface area contributed by atoms with Crippen molar-refractivity contribution in [3.05, 3.63) is 28.7 Å². The van der Waals surface area contributed by atoms with E-state index in [0.29, 0.717) is 14.5 Å². The van der Waals surface area contributed by atoms with Crippen molar-refractivity contribution in [1.82, 2.24) is 0 Å². The van der Waals surface area contributed by atoms with Gasteiger partial charge in [0, 0.05) is 0 Å². The summed E-state index contributed by atoms with van der Waals surface area (Å²) in [5.41, 5.74) is 6.96. The van der Waals surface area contributed by atoms with Crippen molar-refractivity contribution in [2.24, 2.45) is 5.73 Å². The number of hydrogen-bond donors (Lipinski definition) is 1. The molecule has 0 amide bonds. The normalized spacial score (nSPS) is 10.7. The molecule has 3 heteroatoms. The first kappa shape index (κ1) is 9.78. The Bertz CT molecular complexity index is 436. The van der Waals surface area contributed by atoms with Crippen LogP contribution < -0.4 is 10.5 Å². The Labute approximate surface area is 89.4 Å². The van der Waals surface area contributed by atoms with Gasteiger partial charge in [0.1, 0.15) is 0 Å². The van der Waals surface area contributed by atoms with Gasteiger partial charge < -0.3 is 0 Å². The SMILES string of the molecule is COc1ccc2[se]cc(CCN)c2c1. The zero-order valence-corrected chi connectivity index (χ0v) is 9.83. The molecule has 0 fully saturated rings. The minimum absolute atomic E-state index is 0.492. The second kappa shape index (κ2) is 4.18. The van der Waals surface area contributed by atoms with Crippen molar-refractivity contribution in [2.45, 2.75) is 6.42 Å². The first-order chi connectivity index (χ1) is 6.85. The Kier molecular flexibility index (Phi) is 2.92. The molecule has 0 spiro atoms. The summed E-state index contributed by atoms with van der Waals surface area (Å²) in [4.78, 5) is 2.32. The Morgan fingerprint density at radius 2 is 2.29 bits per heavy atom. The van der Waals surface area contributed by atoms with Crippen LogP contribution in [0.5, 0.6) is 5.75 Å². The molecule has 1 heterocycles. The molecule has 0 aliphatic carbocycles. The van der Waals surface area contributed by atoms with E-state index >= 15 is 0 Å². The van der Waals surface area contributed by atoms with Crippen molar-refractivity contribution < 1.29 is 4.74 Å². The number of ether oxygens (including phenoxy) is 1. The van der Waals surface area contributed by atoms with Crippen LogP contribution in [-0.2, 0) is 6.42 Å². The first-order valence-electron chi connectivity index (χ1n) is 4.59. The van der Waals surface area contributed by atoms with Gasteiger partial charge >= 0.3 is 89.1 Å². The molecule has 0 radical (unpaired) electrons. The van der Waals surface area contributed by atoms with E-state index in [9.17, 15) is 0 Å². The number of methoxy groups -OCH3 is 1. The summed E-state index contributed by atoms with van der Waals surface area (Å²) in [6.07, 6.45) is 0.974. The Balaban J connectivity index is 2.52. The van der Waals surface area contributed by atoms with E-state index in [-0.39, 0.29) is 0 Å². The Morgan fingerprint density at radius 3 is 3.00 bits per heavy atom. The summed E-state index contributed by atoms with van der Waals surface area (Å²) >= 11 is 0.492. The number of nitrogens with two attached hydrogens (primary N) is 1. The van der Waals surface area contributed by atoms with Crippen LogP contribution >= 0.6 is 0 Å². The van der Waals surface area contributed by atoms with E-state index in [4.69, 9.17) is 10.5 Å². The van der Waals surface area contributed by atoms with E-state index in [1.54, 1.807) is 7.11 Å². The molecule has 0 saturated heterocycles. The van der Waals surface area contributed by atoms with E-state index in [0.717, 1.165) is 18.7 Å². The third-order valence-corrected chi connectivity index (χ3v) is 4.40. The topological polar surface area (TPSA) is 35.2 Å². The summed E-state index contributed by atoms with van der Waals surface area (Å²) < 4.78 is 6.66. The third-order valence-electron chi connectivity index (χ3n) is 2.27. The van der Waals surface area contributed by atoms with Crippen LogP contribution in [0.1, 0.15) is 5.56 Å². The van der Waals surface area contributed by atoms with Crippen LogP contribution in [0.4, 0.5) is 0 Å². The van der Waals surface area contributed by atoms with Gasteiger partial charge in [0.05, 0.1) is 0 Å². The van der Waals surface area contributed by atoms with Gasteiger partial charge in [0.2, 0.25) is 0 Å². The van der Waals surface area contributed by atoms with E-state index in [1.807, 2.05) is 6.07 Å². The summed E-state index contributed by atoms with van der Waals surface area (Å²) in [6.45, 7) is 0.721. The zero-order valence-electron chi connectivity index (χ0n) is 8.12. The van der Waals surface area contributed by atoms with Crippen LogP contribution in [-0.4, -0.2) is 28.2 Å². The average molecular weight is 254 g/mol. The molecule has 0 aliphatic heterocycles. The number of rotatable bonds is 3. The first-order valence-corrected chi connectivity index (χ1v) is 6.44. The molecule has 0 bridgehead atoms. The van der Waals surface area contributed by atoms with Gasteiger partial charge in [-0.05, 0) is 0 Å². The van der Waals surface area contributed by atoms with Gasteiger partial charge in [-0.25, -0.2) is 0 Å². The Hall–Kier alpha value is -0.761. The van der Waals surface area contributed by atoms with Crippen LogP contribution in [0.3, 0.4) is 0 Å². The molecule has 0 unspecified atom stereocenters. The van der Waals surface area contributed by atoms with E-state index < -0.39 is 0 Å². The summed E-state index contributed by atoms with van der Waals surface area (Å²) in [5, 5.41) is 1.34. The maximum absolute atomic E-state index is 5.57. The van der Waals surface area contributed by atoms with Gasteiger partial charge in [0.25, 0.3) is 0 Å². The molecule has 0 atom stereocenters. The molecule has 0 aliphatic rings. The van der Waals surface area contributed by atoms with E-state index in [1.165, 1.54) is 15.2 Å². The molecule has 1 aromatic carbocycles. The molecule has 2 N–H and O–H groups in total. The third kappa shape index (κ3) is 1.71. The van der Waals surface area contributed by atoms with E-state index in [2.05, 4.69) is 17.1 Å². The zero-order chi connectivity index (χ0) is 9.97.